The van der Waals surface area contributed by atoms with Gasteiger partial charge in [0.25, 0.3) is 0 Å². The van der Waals surface area contributed by atoms with Crippen LogP contribution in [0.5, 0.6) is 0 Å². The van der Waals surface area contributed by atoms with Crippen molar-refractivity contribution in [3.8, 4) is 0 Å². The molecule has 0 radical (unpaired) electrons. The minimum Gasteiger partial charge on any atom is -0.353 e. The molecule has 8 nitrogen and oxygen atoms in total. The van der Waals surface area contributed by atoms with E-state index >= 15 is 0 Å². The van der Waals surface area contributed by atoms with Crippen molar-refractivity contribution in [2.24, 2.45) is 0 Å². The first-order valence-corrected chi connectivity index (χ1v) is 7.13. The van der Waals surface area contributed by atoms with Gasteiger partial charge in [-0.3, -0.25) is 9.69 Å². The van der Waals surface area contributed by atoms with Crippen molar-refractivity contribution in [1.29, 1.82) is 0 Å². The van der Waals surface area contributed by atoms with Crippen LogP contribution in [0.1, 0.15) is 13.8 Å². The van der Waals surface area contributed by atoms with E-state index in [1.165, 1.54) is 11.0 Å². The fourth-order valence-corrected chi connectivity index (χ4v) is 2.37. The summed E-state index contributed by atoms with van der Waals surface area (Å²) < 4.78 is 1.42. The number of hydrogen-bond donors (Lipinski definition) is 1. The van der Waals surface area contributed by atoms with E-state index in [9.17, 15) is 4.79 Å². The summed E-state index contributed by atoms with van der Waals surface area (Å²) in [5.41, 5.74) is 0. The summed E-state index contributed by atoms with van der Waals surface area (Å²) in [6, 6.07) is 0.354. The minimum absolute atomic E-state index is 0.0589. The molecule has 8 heteroatoms. The molecule has 2 rings (SSSR count). The van der Waals surface area contributed by atoms with Crippen molar-refractivity contribution in [1.82, 2.24) is 35.3 Å². The summed E-state index contributed by atoms with van der Waals surface area (Å²) in [6.45, 7) is 10.6. The molecule has 1 fully saturated rings. The van der Waals surface area contributed by atoms with Gasteiger partial charge in [0.15, 0.2) is 0 Å². The van der Waals surface area contributed by atoms with Crippen LogP contribution in [0.3, 0.4) is 0 Å². The molecule has 0 saturated carbocycles. The van der Waals surface area contributed by atoms with Gasteiger partial charge < -0.3 is 10.2 Å². The molecular formula is C12H23N7O. The van der Waals surface area contributed by atoms with Gasteiger partial charge in [0.05, 0.1) is 0 Å². The normalized spacial score (nSPS) is 18.9. The van der Waals surface area contributed by atoms with Crippen LogP contribution in [0.4, 0.5) is 0 Å². The number of hydrogen-bond acceptors (Lipinski definition) is 6. The molecule has 1 N–H and O–H groups in total. The van der Waals surface area contributed by atoms with Crippen molar-refractivity contribution in [3.63, 3.8) is 0 Å². The van der Waals surface area contributed by atoms with E-state index < -0.39 is 0 Å². The number of piperazine rings is 1. The van der Waals surface area contributed by atoms with Crippen LogP contribution in [0.15, 0.2) is 6.33 Å². The standard InChI is InChI=1S/C12H23N7O/c1-3-17-4-6-18(7-5-17)11(2)8-13-12(20)9-19-10-14-15-16-19/h10-11H,3-9H2,1-2H3,(H,13,20)/t11-/m1/s1. The molecule has 0 aliphatic carbocycles. The lowest BCUT2D eigenvalue weighted by molar-refractivity contribution is -0.122. The van der Waals surface area contributed by atoms with Crippen molar-refractivity contribution in [2.75, 3.05) is 39.3 Å². The summed E-state index contributed by atoms with van der Waals surface area (Å²) >= 11 is 0. The molecule has 0 unspecified atom stereocenters. The summed E-state index contributed by atoms with van der Waals surface area (Å²) in [5, 5.41) is 13.6. The monoisotopic (exact) mass is 281 g/mol. The van der Waals surface area contributed by atoms with Crippen LogP contribution in [-0.4, -0.2) is 81.2 Å². The first-order chi connectivity index (χ1) is 9.69. The Morgan fingerprint density at radius 3 is 2.70 bits per heavy atom. The molecule has 0 spiro atoms. The number of rotatable bonds is 6. The lowest BCUT2D eigenvalue weighted by Crippen LogP contribution is -2.52. The topological polar surface area (TPSA) is 79.2 Å². The fourth-order valence-electron chi connectivity index (χ4n) is 2.37. The van der Waals surface area contributed by atoms with Crippen molar-refractivity contribution in [3.05, 3.63) is 6.33 Å². The molecule has 1 aromatic heterocycles. The van der Waals surface area contributed by atoms with Crippen molar-refractivity contribution in [2.45, 2.75) is 26.4 Å². The van der Waals surface area contributed by atoms with E-state index in [1.54, 1.807) is 0 Å². The SMILES string of the molecule is CCN1CCN([C@H](C)CNC(=O)Cn2cnnn2)CC1. The van der Waals surface area contributed by atoms with Gasteiger partial charge in [-0.15, -0.1) is 5.10 Å². The number of nitrogens with one attached hydrogen (secondary N) is 1. The van der Waals surface area contributed by atoms with E-state index in [2.05, 4.69) is 44.5 Å². The Morgan fingerprint density at radius 2 is 2.10 bits per heavy atom. The number of nitrogens with zero attached hydrogens (tertiary/aromatic N) is 6. The summed E-state index contributed by atoms with van der Waals surface area (Å²) in [7, 11) is 0. The number of likely N-dealkylation sites (N-methyl/N-ethyl adjacent to an activating group) is 1. The third-order valence-corrected chi connectivity index (χ3v) is 3.77. The predicted octanol–water partition coefficient (Wildman–Crippen LogP) is -1.18. The van der Waals surface area contributed by atoms with Gasteiger partial charge in [-0.1, -0.05) is 6.92 Å². The Morgan fingerprint density at radius 1 is 1.35 bits per heavy atom. The molecule has 20 heavy (non-hydrogen) atoms. The molecule has 1 atom stereocenters. The number of tetrazole rings is 1. The maximum atomic E-state index is 11.7. The van der Waals surface area contributed by atoms with Gasteiger partial charge in [-0.2, -0.15) is 0 Å². The number of amides is 1. The molecule has 1 aliphatic rings. The Hall–Kier alpha value is -1.54. The zero-order valence-corrected chi connectivity index (χ0v) is 12.2. The lowest BCUT2D eigenvalue weighted by Gasteiger charge is -2.37. The summed E-state index contributed by atoms with van der Waals surface area (Å²) in [6.07, 6.45) is 1.44. The highest BCUT2D eigenvalue weighted by molar-refractivity contribution is 5.75. The second-order valence-electron chi connectivity index (χ2n) is 5.13. The van der Waals surface area contributed by atoms with Crippen LogP contribution < -0.4 is 5.32 Å². The molecule has 1 saturated heterocycles. The van der Waals surface area contributed by atoms with Crippen molar-refractivity contribution < 1.29 is 4.79 Å². The first kappa shape index (κ1) is 14.9. The Balaban J connectivity index is 1.67. The third-order valence-electron chi connectivity index (χ3n) is 3.77. The summed E-state index contributed by atoms with van der Waals surface area (Å²) in [5.74, 6) is -0.0589. The van der Waals surface area contributed by atoms with Crippen LogP contribution in [-0.2, 0) is 11.3 Å². The maximum Gasteiger partial charge on any atom is 0.241 e. The van der Waals surface area contributed by atoms with E-state index in [0.717, 1.165) is 32.7 Å². The Bertz CT molecular complexity index is 400. The smallest absolute Gasteiger partial charge is 0.241 e. The van der Waals surface area contributed by atoms with Crippen LogP contribution >= 0.6 is 0 Å². The van der Waals surface area contributed by atoms with Crippen LogP contribution in [0, 0.1) is 0 Å². The highest BCUT2D eigenvalue weighted by atomic mass is 16.2. The summed E-state index contributed by atoms with van der Waals surface area (Å²) in [4.78, 5) is 16.6. The zero-order valence-electron chi connectivity index (χ0n) is 12.2. The van der Waals surface area contributed by atoms with E-state index in [1.807, 2.05) is 0 Å². The third kappa shape index (κ3) is 4.24. The van der Waals surface area contributed by atoms with E-state index in [0.29, 0.717) is 12.6 Å². The highest BCUT2D eigenvalue weighted by Crippen LogP contribution is 2.05. The second-order valence-corrected chi connectivity index (χ2v) is 5.13. The Labute approximate surface area is 119 Å². The minimum atomic E-state index is -0.0589. The van der Waals surface area contributed by atoms with Crippen LogP contribution in [0.25, 0.3) is 0 Å². The largest absolute Gasteiger partial charge is 0.353 e. The molecule has 1 amide bonds. The van der Waals surface area contributed by atoms with Gasteiger partial charge in [0.1, 0.15) is 12.9 Å². The van der Waals surface area contributed by atoms with Gasteiger partial charge in [0, 0.05) is 38.8 Å². The second kappa shape index (κ2) is 7.30. The highest BCUT2D eigenvalue weighted by Gasteiger charge is 2.20. The van der Waals surface area contributed by atoms with Gasteiger partial charge >= 0.3 is 0 Å². The quantitative estimate of drug-likeness (QED) is 0.707. The average Bonchev–Trinajstić information content (AvgIpc) is 2.97. The Kier molecular flexibility index (Phi) is 5.42. The van der Waals surface area contributed by atoms with E-state index in [4.69, 9.17) is 0 Å². The number of aromatic nitrogens is 4. The number of carbonyl (C=O) groups is 1. The van der Waals surface area contributed by atoms with Crippen LogP contribution in [0.2, 0.25) is 0 Å². The molecule has 1 aliphatic heterocycles. The zero-order chi connectivity index (χ0) is 14.4. The predicted molar refractivity (Wildman–Crippen MR) is 74.0 cm³/mol. The molecule has 2 heterocycles. The first-order valence-electron chi connectivity index (χ1n) is 7.13. The van der Waals surface area contributed by atoms with E-state index in [-0.39, 0.29) is 12.5 Å². The van der Waals surface area contributed by atoms with Gasteiger partial charge in [0.2, 0.25) is 5.91 Å². The average molecular weight is 281 g/mol. The molecular weight excluding hydrogens is 258 g/mol. The van der Waals surface area contributed by atoms with Gasteiger partial charge in [-0.05, 0) is 23.9 Å². The molecule has 112 valence electrons. The number of carbonyl (C=O) groups excluding carboxylic acids is 1. The molecule has 1 aromatic rings. The molecule has 0 aromatic carbocycles. The van der Waals surface area contributed by atoms with Crippen molar-refractivity contribution >= 4 is 5.91 Å². The van der Waals surface area contributed by atoms with Gasteiger partial charge in [-0.25, -0.2) is 4.68 Å². The fraction of sp³-hybridized carbons (Fsp3) is 0.833. The molecule has 0 bridgehead atoms. The lowest BCUT2D eigenvalue weighted by atomic mass is 10.2. The maximum absolute atomic E-state index is 11.7.